The number of nitrogens with zero attached hydrogens (tertiary/aromatic N) is 1. The predicted octanol–water partition coefficient (Wildman–Crippen LogP) is 3.33. The molecule has 6 heteroatoms. The summed E-state index contributed by atoms with van der Waals surface area (Å²) in [6.45, 7) is 7.55. The van der Waals surface area contributed by atoms with Crippen LogP contribution in [0, 0.1) is 5.92 Å². The number of rotatable bonds is 10. The Kier molecular flexibility index (Phi) is 16.6. The van der Waals surface area contributed by atoms with Gasteiger partial charge in [-0.05, 0) is 38.5 Å². The summed E-state index contributed by atoms with van der Waals surface area (Å²) in [6, 6.07) is 0.429. The number of guanidine groups is 1. The molecule has 0 rings (SSSR count). The van der Waals surface area contributed by atoms with E-state index in [1.54, 1.807) is 7.05 Å². The Hall–Kier alpha value is -0.530. The van der Waals surface area contributed by atoms with E-state index >= 15 is 0 Å². The monoisotopic (exact) mass is 427 g/mol. The summed E-state index contributed by atoms with van der Waals surface area (Å²) < 4.78 is 4.61. The van der Waals surface area contributed by atoms with Crippen molar-refractivity contribution >= 4 is 35.9 Å². The van der Waals surface area contributed by atoms with E-state index < -0.39 is 0 Å². The van der Waals surface area contributed by atoms with Gasteiger partial charge in [-0.25, -0.2) is 0 Å². The lowest BCUT2D eigenvalue weighted by Gasteiger charge is -2.18. The molecule has 1 unspecified atom stereocenters. The van der Waals surface area contributed by atoms with Crippen molar-refractivity contribution in [3.8, 4) is 0 Å². The molecule has 0 aliphatic heterocycles. The molecule has 0 aromatic carbocycles. The molecular weight excluding hydrogens is 393 g/mol. The zero-order valence-corrected chi connectivity index (χ0v) is 17.1. The summed E-state index contributed by atoms with van der Waals surface area (Å²) in [5.41, 5.74) is 0. The van der Waals surface area contributed by atoms with Crippen molar-refractivity contribution in [2.24, 2.45) is 10.9 Å². The van der Waals surface area contributed by atoms with Crippen LogP contribution in [0.4, 0.5) is 0 Å². The first kappa shape index (κ1) is 23.7. The van der Waals surface area contributed by atoms with E-state index in [2.05, 4.69) is 41.1 Å². The molecule has 0 heterocycles. The van der Waals surface area contributed by atoms with E-state index in [1.165, 1.54) is 13.5 Å². The molecule has 22 heavy (non-hydrogen) atoms. The van der Waals surface area contributed by atoms with Gasteiger partial charge in [0.2, 0.25) is 0 Å². The second kappa shape index (κ2) is 15.4. The van der Waals surface area contributed by atoms with Crippen molar-refractivity contribution in [1.29, 1.82) is 0 Å². The fourth-order valence-corrected chi connectivity index (χ4v) is 1.96. The molecule has 1 atom stereocenters. The second-order valence-electron chi connectivity index (χ2n) is 5.90. The van der Waals surface area contributed by atoms with Gasteiger partial charge in [-0.15, -0.1) is 24.0 Å². The van der Waals surface area contributed by atoms with Gasteiger partial charge in [-0.2, -0.15) is 0 Å². The molecule has 0 saturated heterocycles. The number of carbonyl (C=O) groups is 1. The Labute approximate surface area is 153 Å². The van der Waals surface area contributed by atoms with Crippen LogP contribution in [0.3, 0.4) is 0 Å². The number of nitrogens with one attached hydrogen (secondary N) is 2. The van der Waals surface area contributed by atoms with Gasteiger partial charge >= 0.3 is 5.97 Å². The van der Waals surface area contributed by atoms with Crippen molar-refractivity contribution in [1.82, 2.24) is 10.6 Å². The Morgan fingerprint density at radius 3 is 2.36 bits per heavy atom. The number of ether oxygens (including phenoxy) is 1. The van der Waals surface area contributed by atoms with Crippen molar-refractivity contribution in [3.05, 3.63) is 0 Å². The average Bonchev–Trinajstić information content (AvgIpc) is 2.46. The molecule has 0 bridgehead atoms. The standard InChI is InChI=1S/C16H33N3O2.HI/c1-13(2)10-11-14(3)19-16(17-4)18-12-8-6-7-9-15(20)21-5;/h13-14H,6-12H2,1-5H3,(H2,17,18,19);1H. The quantitative estimate of drug-likeness (QED) is 0.185. The molecule has 0 aromatic heterocycles. The van der Waals surface area contributed by atoms with Gasteiger partial charge in [0.25, 0.3) is 0 Å². The highest BCUT2D eigenvalue weighted by Crippen LogP contribution is 2.06. The van der Waals surface area contributed by atoms with E-state index in [4.69, 9.17) is 0 Å². The number of unbranched alkanes of at least 4 members (excludes halogenated alkanes) is 2. The minimum Gasteiger partial charge on any atom is -0.469 e. The second-order valence-corrected chi connectivity index (χ2v) is 5.90. The maximum atomic E-state index is 11.0. The van der Waals surface area contributed by atoms with Crippen LogP contribution in [-0.2, 0) is 9.53 Å². The normalized spacial score (nSPS) is 12.5. The summed E-state index contributed by atoms with van der Waals surface area (Å²) in [5, 5.41) is 6.72. The van der Waals surface area contributed by atoms with E-state index in [0.29, 0.717) is 12.5 Å². The van der Waals surface area contributed by atoms with Crippen LogP contribution < -0.4 is 10.6 Å². The third kappa shape index (κ3) is 14.4. The third-order valence-corrected chi connectivity index (χ3v) is 3.36. The van der Waals surface area contributed by atoms with Gasteiger partial charge in [-0.1, -0.05) is 20.3 Å². The minimum atomic E-state index is -0.126. The van der Waals surface area contributed by atoms with E-state index in [9.17, 15) is 4.79 Å². The van der Waals surface area contributed by atoms with Crippen LogP contribution in [-0.4, -0.2) is 38.7 Å². The van der Waals surface area contributed by atoms with Gasteiger partial charge in [0, 0.05) is 26.1 Å². The molecule has 0 aromatic rings. The van der Waals surface area contributed by atoms with Crippen molar-refractivity contribution in [2.45, 2.75) is 65.3 Å². The van der Waals surface area contributed by atoms with Gasteiger partial charge in [0.15, 0.2) is 5.96 Å². The van der Waals surface area contributed by atoms with Crippen LogP contribution in [0.1, 0.15) is 59.3 Å². The zero-order valence-electron chi connectivity index (χ0n) is 14.8. The number of aliphatic imine (C=N–C) groups is 1. The largest absolute Gasteiger partial charge is 0.469 e. The molecule has 5 nitrogen and oxygen atoms in total. The summed E-state index contributed by atoms with van der Waals surface area (Å²) in [5.74, 6) is 1.47. The number of hydrogen-bond donors (Lipinski definition) is 2. The van der Waals surface area contributed by atoms with E-state index in [1.807, 2.05) is 0 Å². The van der Waals surface area contributed by atoms with Gasteiger partial charge in [0.05, 0.1) is 7.11 Å². The highest BCUT2D eigenvalue weighted by Gasteiger charge is 2.06. The summed E-state index contributed by atoms with van der Waals surface area (Å²) >= 11 is 0. The first-order valence-corrected chi connectivity index (χ1v) is 8.03. The molecule has 0 fully saturated rings. The SMILES string of the molecule is CN=C(NCCCCCC(=O)OC)NC(C)CCC(C)C.I. The maximum absolute atomic E-state index is 11.0. The summed E-state index contributed by atoms with van der Waals surface area (Å²) in [4.78, 5) is 15.2. The molecule has 0 amide bonds. The lowest BCUT2D eigenvalue weighted by molar-refractivity contribution is -0.140. The average molecular weight is 427 g/mol. The summed E-state index contributed by atoms with van der Waals surface area (Å²) in [7, 11) is 3.22. The first-order valence-electron chi connectivity index (χ1n) is 8.03. The highest BCUT2D eigenvalue weighted by molar-refractivity contribution is 14.0. The number of methoxy groups -OCH3 is 1. The Balaban J connectivity index is 0. The Morgan fingerprint density at radius 1 is 1.14 bits per heavy atom. The van der Waals surface area contributed by atoms with Crippen LogP contribution in [0.25, 0.3) is 0 Å². The smallest absolute Gasteiger partial charge is 0.305 e. The fraction of sp³-hybridized carbons (Fsp3) is 0.875. The van der Waals surface area contributed by atoms with Gasteiger partial charge in [0.1, 0.15) is 0 Å². The molecule has 0 saturated carbocycles. The van der Waals surface area contributed by atoms with E-state index in [-0.39, 0.29) is 29.9 Å². The number of hydrogen-bond acceptors (Lipinski definition) is 3. The van der Waals surface area contributed by atoms with Crippen LogP contribution in [0.2, 0.25) is 0 Å². The van der Waals surface area contributed by atoms with Crippen LogP contribution >= 0.6 is 24.0 Å². The minimum absolute atomic E-state index is 0. The lowest BCUT2D eigenvalue weighted by atomic mass is 10.0. The molecule has 0 radical (unpaired) electrons. The Bertz CT molecular complexity index is 310. The summed E-state index contributed by atoms with van der Waals surface area (Å²) in [6.07, 6.45) is 5.80. The number of halogens is 1. The molecule has 0 aliphatic rings. The zero-order chi connectivity index (χ0) is 16.1. The number of carbonyl (C=O) groups excluding carboxylic acids is 1. The van der Waals surface area contributed by atoms with Crippen molar-refractivity contribution in [3.63, 3.8) is 0 Å². The van der Waals surface area contributed by atoms with Crippen molar-refractivity contribution < 1.29 is 9.53 Å². The molecule has 2 N–H and O–H groups in total. The molecule has 132 valence electrons. The predicted molar refractivity (Wildman–Crippen MR) is 104 cm³/mol. The van der Waals surface area contributed by atoms with Crippen LogP contribution in [0.15, 0.2) is 4.99 Å². The highest BCUT2D eigenvalue weighted by atomic mass is 127. The Morgan fingerprint density at radius 2 is 1.82 bits per heavy atom. The first-order chi connectivity index (χ1) is 9.99. The molecule has 0 aliphatic carbocycles. The number of esters is 1. The lowest BCUT2D eigenvalue weighted by Crippen LogP contribution is -2.42. The third-order valence-electron chi connectivity index (χ3n) is 3.36. The van der Waals surface area contributed by atoms with E-state index in [0.717, 1.165) is 44.1 Å². The van der Waals surface area contributed by atoms with Gasteiger partial charge in [-0.3, -0.25) is 9.79 Å². The van der Waals surface area contributed by atoms with Crippen molar-refractivity contribution in [2.75, 3.05) is 20.7 Å². The molecule has 0 spiro atoms. The maximum Gasteiger partial charge on any atom is 0.305 e. The fourth-order valence-electron chi connectivity index (χ4n) is 1.96. The molecular formula is C16H34IN3O2. The van der Waals surface area contributed by atoms with Gasteiger partial charge < -0.3 is 15.4 Å². The van der Waals surface area contributed by atoms with Crippen LogP contribution in [0.5, 0.6) is 0 Å². The topological polar surface area (TPSA) is 62.7 Å².